The largest absolute Gasteiger partial charge is 0.360 e. The molecule has 92 valence electrons. The standard InChI is InChI=1S/C12H23N3O/c1-5-6-15(4)9-12-7-11(14-16-12)8-13-10(2)3/h7,10,13H,5-6,8-9H2,1-4H3. The Morgan fingerprint density at radius 2 is 2.25 bits per heavy atom. The van der Waals surface area contributed by atoms with Crippen molar-refractivity contribution in [1.82, 2.24) is 15.4 Å². The Morgan fingerprint density at radius 3 is 2.88 bits per heavy atom. The van der Waals surface area contributed by atoms with Crippen LogP contribution in [-0.2, 0) is 13.1 Å². The van der Waals surface area contributed by atoms with Gasteiger partial charge < -0.3 is 9.84 Å². The minimum absolute atomic E-state index is 0.475. The van der Waals surface area contributed by atoms with Gasteiger partial charge in [-0.15, -0.1) is 0 Å². The van der Waals surface area contributed by atoms with Crippen molar-refractivity contribution in [2.24, 2.45) is 0 Å². The second kappa shape index (κ2) is 6.66. The Morgan fingerprint density at radius 1 is 1.50 bits per heavy atom. The van der Waals surface area contributed by atoms with Crippen LogP contribution in [0.15, 0.2) is 10.6 Å². The first kappa shape index (κ1) is 13.2. The summed E-state index contributed by atoms with van der Waals surface area (Å²) in [6.07, 6.45) is 1.16. The molecule has 0 aliphatic rings. The molecule has 0 fully saturated rings. The Kier molecular flexibility index (Phi) is 5.49. The van der Waals surface area contributed by atoms with Crippen LogP contribution in [0.25, 0.3) is 0 Å². The summed E-state index contributed by atoms with van der Waals surface area (Å²) in [4.78, 5) is 2.24. The molecular weight excluding hydrogens is 202 g/mol. The average molecular weight is 225 g/mol. The quantitative estimate of drug-likeness (QED) is 0.770. The predicted molar refractivity (Wildman–Crippen MR) is 65.1 cm³/mol. The number of nitrogens with zero attached hydrogens (tertiary/aromatic N) is 2. The fraction of sp³-hybridized carbons (Fsp3) is 0.750. The van der Waals surface area contributed by atoms with Crippen LogP contribution in [0.2, 0.25) is 0 Å². The summed E-state index contributed by atoms with van der Waals surface area (Å²) < 4.78 is 5.28. The van der Waals surface area contributed by atoms with Crippen molar-refractivity contribution in [3.8, 4) is 0 Å². The smallest absolute Gasteiger partial charge is 0.151 e. The molecule has 1 rings (SSSR count). The molecule has 0 amide bonds. The monoisotopic (exact) mass is 225 g/mol. The molecule has 1 aromatic heterocycles. The Hall–Kier alpha value is -0.870. The molecule has 1 heterocycles. The van der Waals surface area contributed by atoms with Gasteiger partial charge in [0.1, 0.15) is 0 Å². The zero-order valence-corrected chi connectivity index (χ0v) is 10.8. The van der Waals surface area contributed by atoms with Crippen molar-refractivity contribution in [3.63, 3.8) is 0 Å². The summed E-state index contributed by atoms with van der Waals surface area (Å²) in [6, 6.07) is 2.50. The van der Waals surface area contributed by atoms with Gasteiger partial charge in [0.15, 0.2) is 5.76 Å². The lowest BCUT2D eigenvalue weighted by Gasteiger charge is -2.12. The lowest BCUT2D eigenvalue weighted by molar-refractivity contribution is 0.272. The molecule has 0 aromatic carbocycles. The molecule has 0 unspecified atom stereocenters. The Bertz CT molecular complexity index is 296. The zero-order valence-electron chi connectivity index (χ0n) is 10.8. The van der Waals surface area contributed by atoms with Gasteiger partial charge in [0.2, 0.25) is 0 Å². The van der Waals surface area contributed by atoms with E-state index in [4.69, 9.17) is 4.52 Å². The highest BCUT2D eigenvalue weighted by Crippen LogP contribution is 2.06. The minimum atomic E-state index is 0.475. The maximum atomic E-state index is 5.28. The third-order valence-electron chi connectivity index (χ3n) is 2.33. The van der Waals surface area contributed by atoms with Gasteiger partial charge in [-0.2, -0.15) is 0 Å². The molecule has 0 bridgehead atoms. The van der Waals surface area contributed by atoms with Crippen LogP contribution in [0.3, 0.4) is 0 Å². The molecule has 0 radical (unpaired) electrons. The van der Waals surface area contributed by atoms with E-state index in [1.54, 1.807) is 0 Å². The van der Waals surface area contributed by atoms with E-state index in [0.717, 1.165) is 37.5 Å². The molecule has 0 saturated carbocycles. The third-order valence-corrected chi connectivity index (χ3v) is 2.33. The van der Waals surface area contributed by atoms with E-state index in [0.29, 0.717) is 6.04 Å². The summed E-state index contributed by atoms with van der Waals surface area (Å²) in [7, 11) is 2.10. The van der Waals surface area contributed by atoms with Crippen molar-refractivity contribution >= 4 is 0 Å². The summed E-state index contributed by atoms with van der Waals surface area (Å²) in [5, 5.41) is 7.35. The van der Waals surface area contributed by atoms with Crippen LogP contribution < -0.4 is 5.32 Å². The first-order chi connectivity index (χ1) is 7.61. The van der Waals surface area contributed by atoms with Gasteiger partial charge in [-0.05, 0) is 20.0 Å². The zero-order chi connectivity index (χ0) is 12.0. The molecule has 0 aliphatic carbocycles. The average Bonchev–Trinajstić information content (AvgIpc) is 2.63. The van der Waals surface area contributed by atoms with Gasteiger partial charge in [0.25, 0.3) is 0 Å². The van der Waals surface area contributed by atoms with Crippen LogP contribution in [0.5, 0.6) is 0 Å². The summed E-state index contributed by atoms with van der Waals surface area (Å²) in [5.74, 6) is 0.941. The van der Waals surface area contributed by atoms with Crippen molar-refractivity contribution in [2.45, 2.75) is 46.3 Å². The molecule has 0 aliphatic heterocycles. The summed E-state index contributed by atoms with van der Waals surface area (Å²) in [5.41, 5.74) is 0.980. The second-order valence-electron chi connectivity index (χ2n) is 4.56. The molecule has 4 nitrogen and oxygen atoms in total. The first-order valence-corrected chi connectivity index (χ1v) is 5.98. The molecule has 0 saturated heterocycles. The lowest BCUT2D eigenvalue weighted by atomic mass is 10.3. The minimum Gasteiger partial charge on any atom is -0.360 e. The first-order valence-electron chi connectivity index (χ1n) is 5.98. The Balaban J connectivity index is 2.39. The highest BCUT2D eigenvalue weighted by Gasteiger charge is 2.06. The highest BCUT2D eigenvalue weighted by molar-refractivity contribution is 5.05. The summed E-state index contributed by atoms with van der Waals surface area (Å²) in [6.45, 7) is 9.11. The molecular formula is C12H23N3O. The van der Waals surface area contributed by atoms with E-state index in [1.807, 2.05) is 6.07 Å². The fourth-order valence-corrected chi connectivity index (χ4v) is 1.55. The van der Waals surface area contributed by atoms with E-state index in [-0.39, 0.29) is 0 Å². The molecule has 0 atom stereocenters. The van der Waals surface area contributed by atoms with E-state index in [9.17, 15) is 0 Å². The van der Waals surface area contributed by atoms with Gasteiger partial charge in [-0.25, -0.2) is 0 Å². The van der Waals surface area contributed by atoms with Crippen LogP contribution in [0.4, 0.5) is 0 Å². The van der Waals surface area contributed by atoms with E-state index < -0.39 is 0 Å². The van der Waals surface area contributed by atoms with Gasteiger partial charge in [0, 0.05) is 18.7 Å². The van der Waals surface area contributed by atoms with Gasteiger partial charge in [-0.1, -0.05) is 25.9 Å². The van der Waals surface area contributed by atoms with Gasteiger partial charge in [-0.3, -0.25) is 4.90 Å². The van der Waals surface area contributed by atoms with Crippen molar-refractivity contribution in [1.29, 1.82) is 0 Å². The highest BCUT2D eigenvalue weighted by atomic mass is 16.5. The van der Waals surface area contributed by atoms with Crippen LogP contribution in [-0.4, -0.2) is 29.7 Å². The SMILES string of the molecule is CCCN(C)Cc1cc(CNC(C)C)no1. The van der Waals surface area contributed by atoms with E-state index in [2.05, 4.69) is 43.2 Å². The van der Waals surface area contributed by atoms with E-state index >= 15 is 0 Å². The summed E-state index contributed by atoms with van der Waals surface area (Å²) >= 11 is 0. The number of aromatic nitrogens is 1. The number of rotatable bonds is 7. The van der Waals surface area contributed by atoms with Crippen molar-refractivity contribution in [2.75, 3.05) is 13.6 Å². The Labute approximate surface area is 98.0 Å². The van der Waals surface area contributed by atoms with E-state index in [1.165, 1.54) is 0 Å². The molecule has 1 N–H and O–H groups in total. The second-order valence-corrected chi connectivity index (χ2v) is 4.56. The van der Waals surface area contributed by atoms with Gasteiger partial charge >= 0.3 is 0 Å². The molecule has 16 heavy (non-hydrogen) atoms. The number of nitrogens with one attached hydrogen (secondary N) is 1. The van der Waals surface area contributed by atoms with Crippen LogP contribution >= 0.6 is 0 Å². The van der Waals surface area contributed by atoms with Crippen molar-refractivity contribution in [3.05, 3.63) is 17.5 Å². The van der Waals surface area contributed by atoms with Crippen LogP contribution in [0.1, 0.15) is 38.6 Å². The molecule has 4 heteroatoms. The van der Waals surface area contributed by atoms with Crippen LogP contribution in [0, 0.1) is 0 Å². The third kappa shape index (κ3) is 4.77. The maximum Gasteiger partial charge on any atom is 0.151 e. The maximum absolute atomic E-state index is 5.28. The fourth-order valence-electron chi connectivity index (χ4n) is 1.55. The predicted octanol–water partition coefficient (Wildman–Crippen LogP) is 2.01. The van der Waals surface area contributed by atoms with Crippen molar-refractivity contribution < 1.29 is 4.52 Å². The number of hydrogen-bond donors (Lipinski definition) is 1. The number of hydrogen-bond acceptors (Lipinski definition) is 4. The topological polar surface area (TPSA) is 41.3 Å². The lowest BCUT2D eigenvalue weighted by Crippen LogP contribution is -2.21. The molecule has 1 aromatic rings. The normalized spacial score (nSPS) is 11.6. The van der Waals surface area contributed by atoms with Gasteiger partial charge in [0.05, 0.1) is 12.2 Å². The molecule has 0 spiro atoms.